The monoisotopic (exact) mass is 392 g/mol. The Morgan fingerprint density at radius 2 is 2.03 bits per heavy atom. The van der Waals surface area contributed by atoms with Gasteiger partial charge in [0.25, 0.3) is 0 Å². The van der Waals surface area contributed by atoms with Crippen molar-refractivity contribution in [3.05, 3.63) is 36.7 Å². The van der Waals surface area contributed by atoms with E-state index in [9.17, 15) is 4.79 Å². The van der Waals surface area contributed by atoms with E-state index in [1.54, 1.807) is 6.33 Å². The molecule has 1 atom stereocenters. The maximum atomic E-state index is 12.3. The Hall–Kier alpha value is -3.16. The number of aryl methyl sites for hydroxylation is 1. The molecule has 3 heterocycles. The topological polar surface area (TPSA) is 85.2 Å². The van der Waals surface area contributed by atoms with Gasteiger partial charge in [0.2, 0.25) is 5.91 Å². The minimum Gasteiger partial charge on any atom is -0.425 e. The molecule has 2 aliphatic rings. The molecule has 5 rings (SSSR count). The van der Waals surface area contributed by atoms with Crippen molar-refractivity contribution in [2.24, 2.45) is 5.92 Å². The number of para-hydroxylation sites is 1. The number of carbonyl (C=O) groups is 1. The van der Waals surface area contributed by atoms with Gasteiger partial charge in [-0.25, -0.2) is 9.97 Å². The van der Waals surface area contributed by atoms with Gasteiger partial charge in [-0.15, -0.1) is 0 Å². The molecule has 150 valence electrons. The number of anilines is 1. The van der Waals surface area contributed by atoms with Gasteiger partial charge in [0.05, 0.1) is 0 Å². The lowest BCUT2D eigenvalue weighted by atomic mass is 10.2. The van der Waals surface area contributed by atoms with Crippen LogP contribution in [0.5, 0.6) is 11.8 Å². The van der Waals surface area contributed by atoms with Gasteiger partial charge in [0, 0.05) is 31.6 Å². The maximum Gasteiger partial charge on any atom is 0.304 e. The normalized spacial score (nSPS) is 18.9. The highest BCUT2D eigenvalue weighted by molar-refractivity contribution is 5.84. The van der Waals surface area contributed by atoms with E-state index >= 15 is 0 Å². The van der Waals surface area contributed by atoms with Crippen LogP contribution in [0.3, 0.4) is 0 Å². The third-order valence-corrected chi connectivity index (χ3v) is 5.53. The lowest BCUT2D eigenvalue weighted by Gasteiger charge is -2.17. The Balaban J connectivity index is 1.39. The van der Waals surface area contributed by atoms with Crippen molar-refractivity contribution in [2.45, 2.75) is 38.8 Å². The van der Waals surface area contributed by atoms with E-state index in [4.69, 9.17) is 4.74 Å². The molecule has 29 heavy (non-hydrogen) atoms. The van der Waals surface area contributed by atoms with Gasteiger partial charge in [0.1, 0.15) is 12.1 Å². The van der Waals surface area contributed by atoms with Crippen molar-refractivity contribution < 1.29 is 9.53 Å². The minimum atomic E-state index is 0.168. The molecule has 3 aromatic rings. The standard InChI is InChI=1S/C21H24N6O2/c1-2-27-19-17(25-21(27)29-16-6-4-3-5-7-16)18(22-13-23-19)24-15-10-11-26(12-15)20(28)14-8-9-14/h3-7,13-15H,2,8-12H2,1H3,(H,22,23,24). The number of carbonyl (C=O) groups excluding carboxylic acids is 1. The van der Waals surface area contributed by atoms with Gasteiger partial charge in [-0.1, -0.05) is 18.2 Å². The Morgan fingerprint density at radius 3 is 2.79 bits per heavy atom. The van der Waals surface area contributed by atoms with Crippen molar-refractivity contribution >= 4 is 22.9 Å². The fraction of sp³-hybridized carbons (Fsp3) is 0.429. The highest BCUT2D eigenvalue weighted by atomic mass is 16.5. The Morgan fingerprint density at radius 1 is 1.21 bits per heavy atom. The van der Waals surface area contributed by atoms with Crippen LogP contribution in [-0.4, -0.2) is 49.5 Å². The molecule has 2 fully saturated rings. The Kier molecular flexibility index (Phi) is 4.54. The number of imidazole rings is 1. The Bertz CT molecular complexity index is 1030. The summed E-state index contributed by atoms with van der Waals surface area (Å²) in [5, 5.41) is 3.48. The fourth-order valence-corrected chi connectivity index (χ4v) is 3.84. The first-order chi connectivity index (χ1) is 14.2. The van der Waals surface area contributed by atoms with Gasteiger partial charge < -0.3 is 15.0 Å². The first-order valence-electron chi connectivity index (χ1n) is 10.2. The highest BCUT2D eigenvalue weighted by Crippen LogP contribution is 2.33. The molecular weight excluding hydrogens is 368 g/mol. The summed E-state index contributed by atoms with van der Waals surface area (Å²) < 4.78 is 7.93. The largest absolute Gasteiger partial charge is 0.425 e. The van der Waals surface area contributed by atoms with Crippen molar-refractivity contribution in [2.75, 3.05) is 18.4 Å². The molecule has 1 aromatic carbocycles. The lowest BCUT2D eigenvalue weighted by Crippen LogP contribution is -2.32. The summed E-state index contributed by atoms with van der Waals surface area (Å²) in [5.74, 6) is 1.98. The number of aromatic nitrogens is 4. The van der Waals surface area contributed by atoms with Crippen LogP contribution < -0.4 is 10.1 Å². The third kappa shape index (κ3) is 3.50. The van der Waals surface area contributed by atoms with Crippen molar-refractivity contribution in [3.8, 4) is 11.8 Å². The maximum absolute atomic E-state index is 12.3. The van der Waals surface area contributed by atoms with E-state index in [-0.39, 0.29) is 12.0 Å². The molecule has 0 spiro atoms. The summed E-state index contributed by atoms with van der Waals surface area (Å²) >= 11 is 0. The number of nitrogens with one attached hydrogen (secondary N) is 1. The number of benzene rings is 1. The number of hydrogen-bond donors (Lipinski definition) is 1. The van der Waals surface area contributed by atoms with Gasteiger partial charge in [0.15, 0.2) is 17.0 Å². The molecular formula is C21H24N6O2. The SMILES string of the molecule is CCn1c(Oc2ccccc2)nc2c(NC3CCN(C(=O)C4CC4)C3)ncnc21. The summed E-state index contributed by atoms with van der Waals surface area (Å²) in [6.45, 7) is 4.23. The number of amides is 1. The van der Waals surface area contributed by atoms with Gasteiger partial charge in [-0.2, -0.15) is 4.98 Å². The Labute approximate surface area is 168 Å². The van der Waals surface area contributed by atoms with E-state index in [1.165, 1.54) is 0 Å². The molecule has 1 aliphatic heterocycles. The number of hydrogen-bond acceptors (Lipinski definition) is 6. The zero-order chi connectivity index (χ0) is 19.8. The van der Waals surface area contributed by atoms with Crippen molar-refractivity contribution in [1.82, 2.24) is 24.4 Å². The number of rotatable bonds is 6. The second-order valence-electron chi connectivity index (χ2n) is 7.64. The molecule has 1 saturated carbocycles. The number of nitrogens with zero attached hydrogens (tertiary/aromatic N) is 5. The van der Waals surface area contributed by atoms with Crippen LogP contribution in [0.1, 0.15) is 26.2 Å². The van der Waals surface area contributed by atoms with E-state index < -0.39 is 0 Å². The molecule has 2 aromatic heterocycles. The van der Waals surface area contributed by atoms with Crippen LogP contribution in [-0.2, 0) is 11.3 Å². The van der Waals surface area contributed by atoms with Crippen molar-refractivity contribution in [1.29, 1.82) is 0 Å². The van der Waals surface area contributed by atoms with E-state index in [0.717, 1.165) is 37.2 Å². The summed E-state index contributed by atoms with van der Waals surface area (Å²) in [7, 11) is 0. The van der Waals surface area contributed by atoms with Gasteiger partial charge >= 0.3 is 6.01 Å². The quantitative estimate of drug-likeness (QED) is 0.694. The predicted octanol–water partition coefficient (Wildman–Crippen LogP) is 3.06. The van der Waals surface area contributed by atoms with Crippen LogP contribution >= 0.6 is 0 Å². The molecule has 0 radical (unpaired) electrons. The second-order valence-corrected chi connectivity index (χ2v) is 7.64. The van der Waals surface area contributed by atoms with Crippen LogP contribution in [0.2, 0.25) is 0 Å². The summed E-state index contributed by atoms with van der Waals surface area (Å²) in [6, 6.07) is 10.3. The lowest BCUT2D eigenvalue weighted by molar-refractivity contribution is -0.131. The number of ether oxygens (including phenoxy) is 1. The molecule has 1 amide bonds. The van der Waals surface area contributed by atoms with E-state index in [1.807, 2.05) is 46.7 Å². The van der Waals surface area contributed by atoms with Crippen LogP contribution in [0.25, 0.3) is 11.2 Å². The molecule has 0 bridgehead atoms. The van der Waals surface area contributed by atoms with E-state index in [2.05, 4.69) is 20.3 Å². The first kappa shape index (κ1) is 17.9. The number of fused-ring (bicyclic) bond motifs is 1. The van der Waals surface area contributed by atoms with Crippen LogP contribution in [0.4, 0.5) is 5.82 Å². The van der Waals surface area contributed by atoms with Gasteiger partial charge in [-0.3, -0.25) is 9.36 Å². The average molecular weight is 392 g/mol. The molecule has 8 nitrogen and oxygen atoms in total. The summed E-state index contributed by atoms with van der Waals surface area (Å²) in [6.07, 6.45) is 4.54. The molecule has 8 heteroatoms. The van der Waals surface area contributed by atoms with Crippen molar-refractivity contribution in [3.63, 3.8) is 0 Å². The molecule has 1 unspecified atom stereocenters. The highest BCUT2D eigenvalue weighted by Gasteiger charge is 2.36. The van der Waals surface area contributed by atoms with Crippen LogP contribution in [0.15, 0.2) is 36.7 Å². The molecule has 1 aliphatic carbocycles. The summed E-state index contributed by atoms with van der Waals surface area (Å²) in [4.78, 5) is 27.8. The zero-order valence-electron chi connectivity index (χ0n) is 16.4. The number of likely N-dealkylation sites (tertiary alicyclic amines) is 1. The predicted molar refractivity (Wildman–Crippen MR) is 109 cm³/mol. The molecule has 1 N–H and O–H groups in total. The average Bonchev–Trinajstić information content (AvgIpc) is 3.39. The fourth-order valence-electron chi connectivity index (χ4n) is 3.84. The van der Waals surface area contributed by atoms with Crippen LogP contribution in [0, 0.1) is 5.92 Å². The molecule has 1 saturated heterocycles. The minimum absolute atomic E-state index is 0.168. The van der Waals surface area contributed by atoms with E-state index in [0.29, 0.717) is 36.3 Å². The second kappa shape index (κ2) is 7.35. The van der Waals surface area contributed by atoms with Gasteiger partial charge in [-0.05, 0) is 38.3 Å². The zero-order valence-corrected chi connectivity index (χ0v) is 16.4. The summed E-state index contributed by atoms with van der Waals surface area (Å²) in [5.41, 5.74) is 1.42. The third-order valence-electron chi connectivity index (χ3n) is 5.53. The smallest absolute Gasteiger partial charge is 0.304 e. The first-order valence-corrected chi connectivity index (χ1v) is 10.2.